The van der Waals surface area contributed by atoms with E-state index in [9.17, 15) is 13.2 Å². The number of fused-ring (bicyclic) bond motifs is 1. The molecule has 1 saturated heterocycles. The number of rotatable bonds is 3. The van der Waals surface area contributed by atoms with Crippen molar-refractivity contribution in [3.05, 3.63) is 54.2 Å². The van der Waals surface area contributed by atoms with Crippen LogP contribution >= 0.6 is 0 Å². The topological polar surface area (TPSA) is 80.5 Å². The largest absolute Gasteiger partial charge is 0.310 e. The van der Waals surface area contributed by atoms with Crippen LogP contribution in [0, 0.1) is 12.8 Å². The Morgan fingerprint density at radius 3 is 2.69 bits per heavy atom. The SMILES string of the molecule is Cc1ccn2c(NC(=O)C3CCS(=O)(=O)C3)c(-c3ccccc3)nc2c1. The minimum atomic E-state index is -3.11. The van der Waals surface area contributed by atoms with Gasteiger partial charge in [-0.15, -0.1) is 0 Å². The summed E-state index contributed by atoms with van der Waals surface area (Å²) in [6, 6.07) is 13.5. The maximum Gasteiger partial charge on any atom is 0.229 e. The van der Waals surface area contributed by atoms with E-state index in [0.29, 0.717) is 17.9 Å². The summed E-state index contributed by atoms with van der Waals surface area (Å²) in [5.41, 5.74) is 3.37. The van der Waals surface area contributed by atoms with E-state index >= 15 is 0 Å². The Hall–Kier alpha value is -2.67. The fourth-order valence-electron chi connectivity index (χ4n) is 3.28. The standard InChI is InChI=1S/C19H19N3O3S/c1-13-7-9-22-16(11-13)20-17(14-5-3-2-4-6-14)18(22)21-19(23)15-8-10-26(24,25)12-15/h2-7,9,11,15H,8,10,12H2,1H3,(H,21,23). The minimum Gasteiger partial charge on any atom is -0.310 e. The fourth-order valence-corrected chi connectivity index (χ4v) is 5.03. The Morgan fingerprint density at radius 2 is 2.00 bits per heavy atom. The van der Waals surface area contributed by atoms with E-state index in [4.69, 9.17) is 0 Å². The number of nitrogens with zero attached hydrogens (tertiary/aromatic N) is 2. The van der Waals surface area contributed by atoms with Gasteiger partial charge in [-0.2, -0.15) is 0 Å². The smallest absolute Gasteiger partial charge is 0.229 e. The van der Waals surface area contributed by atoms with Crippen LogP contribution in [-0.4, -0.2) is 35.2 Å². The van der Waals surface area contributed by atoms with Gasteiger partial charge in [0.15, 0.2) is 9.84 Å². The zero-order valence-electron chi connectivity index (χ0n) is 14.3. The van der Waals surface area contributed by atoms with Gasteiger partial charge in [0.1, 0.15) is 17.2 Å². The Balaban J connectivity index is 1.76. The van der Waals surface area contributed by atoms with Gasteiger partial charge in [-0.3, -0.25) is 9.20 Å². The maximum absolute atomic E-state index is 12.7. The summed E-state index contributed by atoms with van der Waals surface area (Å²) >= 11 is 0. The van der Waals surface area contributed by atoms with Crippen molar-refractivity contribution in [2.45, 2.75) is 13.3 Å². The molecular formula is C19H19N3O3S. The van der Waals surface area contributed by atoms with E-state index in [1.807, 2.05) is 60.0 Å². The van der Waals surface area contributed by atoms with Crippen molar-refractivity contribution in [2.75, 3.05) is 16.8 Å². The molecule has 4 rings (SSSR count). The summed E-state index contributed by atoms with van der Waals surface area (Å²) in [6.45, 7) is 1.98. The van der Waals surface area contributed by atoms with Gasteiger partial charge in [0.2, 0.25) is 5.91 Å². The number of pyridine rings is 1. The molecule has 0 radical (unpaired) electrons. The molecule has 134 valence electrons. The number of carbonyl (C=O) groups excluding carboxylic acids is 1. The van der Waals surface area contributed by atoms with Crippen LogP contribution in [0.4, 0.5) is 5.82 Å². The normalized spacial score (nSPS) is 18.9. The maximum atomic E-state index is 12.7. The summed E-state index contributed by atoms with van der Waals surface area (Å²) in [5, 5.41) is 2.93. The number of hydrogen-bond acceptors (Lipinski definition) is 4. The zero-order valence-corrected chi connectivity index (χ0v) is 15.2. The second kappa shape index (κ2) is 6.25. The highest BCUT2D eigenvalue weighted by Gasteiger charge is 2.33. The van der Waals surface area contributed by atoms with Gasteiger partial charge < -0.3 is 5.32 Å². The lowest BCUT2D eigenvalue weighted by atomic mass is 10.1. The van der Waals surface area contributed by atoms with Gasteiger partial charge in [-0.05, 0) is 31.0 Å². The molecule has 1 N–H and O–H groups in total. The third-order valence-corrected chi connectivity index (χ3v) is 6.44. The highest BCUT2D eigenvalue weighted by Crippen LogP contribution is 2.30. The summed E-state index contributed by atoms with van der Waals surface area (Å²) in [5.74, 6) is -0.232. The molecule has 1 fully saturated rings. The molecule has 7 heteroatoms. The van der Waals surface area contributed by atoms with Crippen LogP contribution in [0.1, 0.15) is 12.0 Å². The Labute approximate surface area is 151 Å². The number of carbonyl (C=O) groups is 1. The third kappa shape index (κ3) is 3.10. The predicted octanol–water partition coefficient (Wildman–Crippen LogP) is 2.68. The van der Waals surface area contributed by atoms with Crippen LogP contribution in [0.3, 0.4) is 0 Å². The molecule has 1 aliphatic rings. The minimum absolute atomic E-state index is 0.0724. The molecule has 1 aromatic carbocycles. The lowest BCUT2D eigenvalue weighted by Gasteiger charge is -2.11. The van der Waals surface area contributed by atoms with Crippen molar-refractivity contribution in [3.63, 3.8) is 0 Å². The number of nitrogens with one attached hydrogen (secondary N) is 1. The van der Waals surface area contributed by atoms with E-state index in [1.54, 1.807) is 0 Å². The molecule has 26 heavy (non-hydrogen) atoms. The lowest BCUT2D eigenvalue weighted by molar-refractivity contribution is -0.119. The Morgan fingerprint density at radius 1 is 1.23 bits per heavy atom. The van der Waals surface area contributed by atoms with Crippen molar-refractivity contribution < 1.29 is 13.2 Å². The molecule has 0 spiro atoms. The Bertz CT molecular complexity index is 1090. The van der Waals surface area contributed by atoms with Gasteiger partial charge in [0, 0.05) is 11.8 Å². The number of amides is 1. The summed E-state index contributed by atoms with van der Waals surface area (Å²) in [7, 11) is -3.11. The summed E-state index contributed by atoms with van der Waals surface area (Å²) in [6.07, 6.45) is 2.23. The van der Waals surface area contributed by atoms with Gasteiger partial charge in [0.05, 0.1) is 17.4 Å². The van der Waals surface area contributed by atoms with E-state index in [1.165, 1.54) is 0 Å². The third-order valence-electron chi connectivity index (χ3n) is 4.67. The van der Waals surface area contributed by atoms with Gasteiger partial charge in [-0.25, -0.2) is 13.4 Å². The lowest BCUT2D eigenvalue weighted by Crippen LogP contribution is -2.24. The van der Waals surface area contributed by atoms with Crippen LogP contribution in [0.15, 0.2) is 48.7 Å². The molecule has 2 aromatic heterocycles. The molecule has 1 aliphatic heterocycles. The van der Waals surface area contributed by atoms with E-state index < -0.39 is 15.8 Å². The molecule has 1 amide bonds. The van der Waals surface area contributed by atoms with Gasteiger partial charge in [-0.1, -0.05) is 30.3 Å². The molecule has 3 aromatic rings. The highest BCUT2D eigenvalue weighted by atomic mass is 32.2. The van der Waals surface area contributed by atoms with Crippen molar-refractivity contribution in [3.8, 4) is 11.3 Å². The summed E-state index contributed by atoms with van der Waals surface area (Å²) < 4.78 is 25.2. The molecule has 1 atom stereocenters. The molecule has 0 bridgehead atoms. The number of benzene rings is 1. The van der Waals surface area contributed by atoms with Gasteiger partial charge in [0.25, 0.3) is 0 Å². The fraction of sp³-hybridized carbons (Fsp3) is 0.263. The quantitative estimate of drug-likeness (QED) is 0.770. The first-order chi connectivity index (χ1) is 12.4. The van der Waals surface area contributed by atoms with Crippen LogP contribution < -0.4 is 5.32 Å². The molecule has 3 heterocycles. The van der Waals surface area contributed by atoms with Crippen LogP contribution in [0.2, 0.25) is 0 Å². The van der Waals surface area contributed by atoms with E-state index in [-0.39, 0.29) is 17.4 Å². The van der Waals surface area contributed by atoms with Crippen molar-refractivity contribution in [2.24, 2.45) is 5.92 Å². The van der Waals surface area contributed by atoms with Crippen LogP contribution in [0.25, 0.3) is 16.9 Å². The van der Waals surface area contributed by atoms with Crippen molar-refractivity contribution >= 4 is 27.2 Å². The number of anilines is 1. The number of imidazole rings is 1. The van der Waals surface area contributed by atoms with Crippen LogP contribution in [-0.2, 0) is 14.6 Å². The first-order valence-electron chi connectivity index (χ1n) is 8.48. The molecule has 6 nitrogen and oxygen atoms in total. The average Bonchev–Trinajstić information content (AvgIpc) is 3.15. The van der Waals surface area contributed by atoms with E-state index in [2.05, 4.69) is 10.3 Å². The molecule has 1 unspecified atom stereocenters. The number of hydrogen-bond donors (Lipinski definition) is 1. The molecule has 0 saturated carbocycles. The van der Waals surface area contributed by atoms with E-state index in [0.717, 1.165) is 16.8 Å². The molecular weight excluding hydrogens is 350 g/mol. The highest BCUT2D eigenvalue weighted by molar-refractivity contribution is 7.91. The average molecular weight is 369 g/mol. The van der Waals surface area contributed by atoms with Gasteiger partial charge >= 0.3 is 0 Å². The first-order valence-corrected chi connectivity index (χ1v) is 10.3. The molecule has 0 aliphatic carbocycles. The predicted molar refractivity (Wildman–Crippen MR) is 101 cm³/mol. The first kappa shape index (κ1) is 16.8. The van der Waals surface area contributed by atoms with Crippen LogP contribution in [0.5, 0.6) is 0 Å². The second-order valence-corrected chi connectivity index (χ2v) is 8.93. The number of aromatic nitrogens is 2. The summed E-state index contributed by atoms with van der Waals surface area (Å²) in [4.78, 5) is 17.4. The zero-order chi connectivity index (χ0) is 18.3. The van der Waals surface area contributed by atoms with Crippen molar-refractivity contribution in [1.82, 2.24) is 9.38 Å². The monoisotopic (exact) mass is 369 g/mol. The number of sulfone groups is 1. The Kier molecular flexibility index (Phi) is 4.03. The number of aryl methyl sites for hydroxylation is 1. The van der Waals surface area contributed by atoms with Crippen molar-refractivity contribution in [1.29, 1.82) is 0 Å². The second-order valence-electron chi connectivity index (χ2n) is 6.70.